The van der Waals surface area contributed by atoms with E-state index < -0.39 is 12.3 Å². The van der Waals surface area contributed by atoms with Gasteiger partial charge >= 0.3 is 12.3 Å². The van der Waals surface area contributed by atoms with Crippen LogP contribution in [0.25, 0.3) is 0 Å². The molecule has 2 fully saturated rings. The van der Waals surface area contributed by atoms with Gasteiger partial charge in [-0.1, -0.05) is 37.5 Å². The number of halogens is 3. The predicted octanol–water partition coefficient (Wildman–Crippen LogP) is 6.81. The van der Waals surface area contributed by atoms with Gasteiger partial charge in [-0.2, -0.15) is 0 Å². The molecule has 1 amide bonds. The van der Waals surface area contributed by atoms with Crippen LogP contribution in [0.5, 0.6) is 5.75 Å². The van der Waals surface area contributed by atoms with Crippen molar-refractivity contribution in [3.8, 4) is 5.75 Å². The molecule has 1 unspecified atom stereocenters. The smallest absolute Gasteiger partial charge is 0.481 e. The molecule has 0 aromatic heterocycles. The SMILES string of the molecule is O=C(O)CCCN(CC1CCCC1)C1c2ccccc2N(C(=O)c2ccc(OC(F)(F)F)cc2)[C@@H]2CCC[C@H]12. The number of fused-ring (bicyclic) bond motifs is 2. The van der Waals surface area contributed by atoms with Gasteiger partial charge in [-0.3, -0.25) is 14.5 Å². The molecule has 1 heterocycles. The van der Waals surface area contributed by atoms with Crippen molar-refractivity contribution in [1.82, 2.24) is 4.90 Å². The van der Waals surface area contributed by atoms with Crippen LogP contribution in [-0.4, -0.2) is 47.4 Å². The van der Waals surface area contributed by atoms with Crippen molar-refractivity contribution < 1.29 is 32.6 Å². The number of ether oxygens (including phenoxy) is 1. The third-order valence-electron chi connectivity index (χ3n) is 8.53. The lowest BCUT2D eigenvalue weighted by molar-refractivity contribution is -0.274. The molecule has 0 radical (unpaired) electrons. The number of carboxylic acids is 1. The first-order valence-electron chi connectivity index (χ1n) is 14.0. The standard InChI is InChI=1S/C30H35F3N2O4/c31-30(32,33)39-22-16-14-21(15-17-22)29(38)35-25-11-4-3-9-23(25)28(24-10-5-12-26(24)35)34(18-6-13-27(36)37)19-20-7-1-2-8-20/h3-4,9,11,14-17,20,24,26,28H,1-2,5-8,10,12-13,18-19H2,(H,36,37)/t24-,26+,28?/m0/s1. The Morgan fingerprint density at radius 3 is 2.38 bits per heavy atom. The van der Waals surface area contributed by atoms with Crippen LogP contribution in [0.3, 0.4) is 0 Å². The molecule has 2 saturated carbocycles. The fourth-order valence-electron chi connectivity index (χ4n) is 6.99. The van der Waals surface area contributed by atoms with Gasteiger partial charge in [0.1, 0.15) is 5.75 Å². The van der Waals surface area contributed by atoms with Crippen molar-refractivity contribution in [3.05, 3.63) is 59.7 Å². The molecule has 39 heavy (non-hydrogen) atoms. The number of amides is 1. The van der Waals surface area contributed by atoms with Gasteiger partial charge in [-0.05, 0) is 86.4 Å². The monoisotopic (exact) mass is 544 g/mol. The Morgan fingerprint density at radius 2 is 1.69 bits per heavy atom. The Balaban J connectivity index is 1.46. The summed E-state index contributed by atoms with van der Waals surface area (Å²) < 4.78 is 41.8. The Kier molecular flexibility index (Phi) is 8.16. The summed E-state index contributed by atoms with van der Waals surface area (Å²) in [6.07, 6.45) is 3.55. The second-order valence-corrected chi connectivity index (χ2v) is 11.1. The minimum atomic E-state index is -4.79. The van der Waals surface area contributed by atoms with Crippen molar-refractivity contribution in [1.29, 1.82) is 0 Å². The average Bonchev–Trinajstić information content (AvgIpc) is 3.58. The van der Waals surface area contributed by atoms with E-state index in [1.54, 1.807) is 0 Å². The number of para-hydroxylation sites is 1. The van der Waals surface area contributed by atoms with Gasteiger partial charge in [0.15, 0.2) is 0 Å². The molecule has 1 aliphatic heterocycles. The molecule has 2 aromatic rings. The van der Waals surface area contributed by atoms with E-state index in [-0.39, 0.29) is 36.1 Å². The van der Waals surface area contributed by atoms with Crippen molar-refractivity contribution in [2.45, 2.75) is 76.2 Å². The average molecular weight is 545 g/mol. The lowest BCUT2D eigenvalue weighted by Gasteiger charge is -2.48. The van der Waals surface area contributed by atoms with Gasteiger partial charge in [-0.25, -0.2) is 0 Å². The molecule has 3 aliphatic rings. The van der Waals surface area contributed by atoms with Crippen LogP contribution in [0, 0.1) is 11.8 Å². The van der Waals surface area contributed by atoms with Crippen LogP contribution in [0.4, 0.5) is 18.9 Å². The molecule has 0 saturated heterocycles. The summed E-state index contributed by atoms with van der Waals surface area (Å²) in [5.74, 6) is -0.589. The number of hydrogen-bond donors (Lipinski definition) is 1. The minimum absolute atomic E-state index is 0.0333. The molecule has 1 N–H and O–H groups in total. The summed E-state index contributed by atoms with van der Waals surface area (Å²) in [7, 11) is 0. The molecule has 2 aromatic carbocycles. The van der Waals surface area contributed by atoms with Gasteiger partial charge in [0.25, 0.3) is 5.91 Å². The van der Waals surface area contributed by atoms with Crippen molar-refractivity contribution in [2.75, 3.05) is 18.0 Å². The van der Waals surface area contributed by atoms with Crippen LogP contribution in [0.1, 0.15) is 79.8 Å². The number of carbonyl (C=O) groups excluding carboxylic acids is 1. The van der Waals surface area contributed by atoms with Crippen LogP contribution in [0.2, 0.25) is 0 Å². The number of aliphatic carboxylic acids is 1. The maximum atomic E-state index is 13.9. The van der Waals surface area contributed by atoms with Gasteiger partial charge in [0, 0.05) is 36.3 Å². The summed E-state index contributed by atoms with van der Waals surface area (Å²) >= 11 is 0. The number of rotatable bonds is 9. The lowest BCUT2D eigenvalue weighted by atomic mass is 9.81. The van der Waals surface area contributed by atoms with E-state index >= 15 is 0 Å². The predicted molar refractivity (Wildman–Crippen MR) is 141 cm³/mol. The van der Waals surface area contributed by atoms with Gasteiger partial charge < -0.3 is 14.7 Å². The van der Waals surface area contributed by atoms with E-state index in [1.165, 1.54) is 49.9 Å². The highest BCUT2D eigenvalue weighted by molar-refractivity contribution is 6.07. The van der Waals surface area contributed by atoms with Crippen molar-refractivity contribution in [2.24, 2.45) is 11.8 Å². The van der Waals surface area contributed by atoms with Crippen molar-refractivity contribution in [3.63, 3.8) is 0 Å². The number of carboxylic acid groups (broad SMARTS) is 1. The third-order valence-corrected chi connectivity index (χ3v) is 8.53. The largest absolute Gasteiger partial charge is 0.573 e. The molecule has 2 aliphatic carbocycles. The topological polar surface area (TPSA) is 70.1 Å². The highest BCUT2D eigenvalue weighted by Gasteiger charge is 2.48. The Morgan fingerprint density at radius 1 is 0.974 bits per heavy atom. The Labute approximate surface area is 226 Å². The zero-order valence-electron chi connectivity index (χ0n) is 21.9. The minimum Gasteiger partial charge on any atom is -0.481 e. The molecule has 0 bridgehead atoms. The molecule has 5 rings (SSSR count). The Bertz CT molecular complexity index is 1160. The zero-order chi connectivity index (χ0) is 27.6. The Hall–Kier alpha value is -3.07. The van der Waals surface area contributed by atoms with E-state index in [2.05, 4.69) is 15.7 Å². The first kappa shape index (κ1) is 27.5. The number of nitrogens with zero attached hydrogens (tertiary/aromatic N) is 2. The quantitative estimate of drug-likeness (QED) is 0.376. The molecule has 210 valence electrons. The number of hydrogen-bond acceptors (Lipinski definition) is 4. The normalized spacial score (nSPS) is 23.1. The molecule has 0 spiro atoms. The summed E-state index contributed by atoms with van der Waals surface area (Å²) in [6, 6.07) is 13.1. The summed E-state index contributed by atoms with van der Waals surface area (Å²) in [6.45, 7) is 1.62. The summed E-state index contributed by atoms with van der Waals surface area (Å²) in [4.78, 5) is 29.5. The van der Waals surface area contributed by atoms with Gasteiger partial charge in [0.05, 0.1) is 0 Å². The van der Waals surface area contributed by atoms with Crippen LogP contribution in [0.15, 0.2) is 48.5 Å². The van der Waals surface area contributed by atoms with Gasteiger partial charge in [-0.15, -0.1) is 13.2 Å². The fraction of sp³-hybridized carbons (Fsp3) is 0.533. The first-order chi connectivity index (χ1) is 18.7. The zero-order valence-corrected chi connectivity index (χ0v) is 21.9. The lowest BCUT2D eigenvalue weighted by Crippen LogP contribution is -2.52. The second kappa shape index (κ2) is 11.6. The van der Waals surface area contributed by atoms with E-state index in [1.807, 2.05) is 23.1 Å². The number of anilines is 1. The van der Waals surface area contributed by atoms with E-state index in [4.69, 9.17) is 0 Å². The highest BCUT2D eigenvalue weighted by atomic mass is 19.4. The molecule has 6 nitrogen and oxygen atoms in total. The van der Waals surface area contributed by atoms with E-state index in [0.29, 0.717) is 24.4 Å². The number of benzene rings is 2. The molecule has 3 atom stereocenters. The maximum absolute atomic E-state index is 13.9. The third kappa shape index (κ3) is 6.24. The number of carbonyl (C=O) groups is 2. The second-order valence-electron chi connectivity index (χ2n) is 11.1. The van der Waals surface area contributed by atoms with E-state index in [9.17, 15) is 27.9 Å². The highest BCUT2D eigenvalue weighted by Crippen LogP contribution is 2.51. The fourth-order valence-corrected chi connectivity index (χ4v) is 6.99. The number of alkyl halides is 3. The van der Waals surface area contributed by atoms with Crippen molar-refractivity contribution >= 4 is 17.6 Å². The van der Waals surface area contributed by atoms with Crippen LogP contribution in [-0.2, 0) is 4.79 Å². The van der Waals surface area contributed by atoms with Crippen LogP contribution < -0.4 is 9.64 Å². The first-order valence-corrected chi connectivity index (χ1v) is 14.0. The summed E-state index contributed by atoms with van der Waals surface area (Å²) in [5, 5.41) is 9.28. The molecular weight excluding hydrogens is 509 g/mol. The van der Waals surface area contributed by atoms with Gasteiger partial charge in [0.2, 0.25) is 0 Å². The molecular formula is C30H35F3N2O4. The van der Waals surface area contributed by atoms with Crippen LogP contribution >= 0.6 is 0 Å². The summed E-state index contributed by atoms with van der Waals surface area (Å²) in [5.41, 5.74) is 2.22. The van der Waals surface area contributed by atoms with E-state index in [0.717, 1.165) is 37.1 Å². The molecule has 9 heteroatoms. The maximum Gasteiger partial charge on any atom is 0.573 e.